The highest BCUT2D eigenvalue weighted by molar-refractivity contribution is 6.46. The Kier molecular flexibility index (Phi) is 5.48. The van der Waals surface area contributed by atoms with Crippen LogP contribution in [0.3, 0.4) is 0 Å². The quantitative estimate of drug-likeness (QED) is 0.378. The first kappa shape index (κ1) is 20.6. The SMILES string of the molecule is CN(C)CCN1C(=O)C(=O)/C(=C(\O)c2ccc3ccccc3c2)C1c1cccc(O)c1. The van der Waals surface area contributed by atoms with Gasteiger partial charge in [-0.1, -0.05) is 48.5 Å². The first-order chi connectivity index (χ1) is 14.9. The summed E-state index contributed by atoms with van der Waals surface area (Å²) in [4.78, 5) is 29.3. The third-order valence-corrected chi connectivity index (χ3v) is 5.54. The van der Waals surface area contributed by atoms with Gasteiger partial charge in [0, 0.05) is 18.7 Å². The standard InChI is InChI=1S/C25H24N2O4/c1-26(2)12-13-27-22(18-8-5-9-20(28)15-18)21(24(30)25(27)31)23(29)19-11-10-16-6-3-4-7-17(16)14-19/h3-11,14-15,22,28-29H,12-13H2,1-2H3/b23-21-. The van der Waals surface area contributed by atoms with Crippen LogP contribution in [0.4, 0.5) is 0 Å². The third kappa shape index (κ3) is 3.90. The largest absolute Gasteiger partial charge is 0.508 e. The number of amides is 1. The van der Waals surface area contributed by atoms with Gasteiger partial charge in [-0.2, -0.15) is 0 Å². The molecule has 1 aliphatic rings. The molecule has 31 heavy (non-hydrogen) atoms. The molecule has 0 aromatic heterocycles. The maximum Gasteiger partial charge on any atom is 0.295 e. The van der Waals surface area contributed by atoms with Crippen LogP contribution in [-0.2, 0) is 9.59 Å². The van der Waals surface area contributed by atoms with Gasteiger partial charge in [0.05, 0.1) is 11.6 Å². The predicted octanol–water partition coefficient (Wildman–Crippen LogP) is 3.53. The van der Waals surface area contributed by atoms with Crippen LogP contribution in [-0.4, -0.2) is 58.9 Å². The normalized spacial score (nSPS) is 18.3. The molecular formula is C25H24N2O4. The average molecular weight is 416 g/mol. The van der Waals surface area contributed by atoms with Crippen LogP contribution in [0.15, 0.2) is 72.3 Å². The number of carbonyl (C=O) groups excluding carboxylic acids is 2. The second-order valence-corrected chi connectivity index (χ2v) is 7.95. The van der Waals surface area contributed by atoms with Gasteiger partial charge in [-0.25, -0.2) is 0 Å². The summed E-state index contributed by atoms with van der Waals surface area (Å²) in [6.45, 7) is 0.866. The minimum Gasteiger partial charge on any atom is -0.508 e. The lowest BCUT2D eigenvalue weighted by Crippen LogP contribution is -2.35. The second kappa shape index (κ2) is 8.24. The number of hydrogen-bond donors (Lipinski definition) is 2. The van der Waals surface area contributed by atoms with Crippen molar-refractivity contribution in [1.29, 1.82) is 0 Å². The average Bonchev–Trinajstić information content (AvgIpc) is 3.01. The molecule has 1 unspecified atom stereocenters. The Labute approximate surface area is 180 Å². The molecule has 158 valence electrons. The van der Waals surface area contributed by atoms with Crippen molar-refractivity contribution >= 4 is 28.2 Å². The number of Topliss-reactive ketones (excluding diaryl/α,β-unsaturated/α-hetero) is 1. The number of rotatable bonds is 5. The van der Waals surface area contributed by atoms with Crippen LogP contribution in [0.1, 0.15) is 17.2 Å². The van der Waals surface area contributed by atoms with E-state index in [-0.39, 0.29) is 17.1 Å². The van der Waals surface area contributed by atoms with E-state index in [0.29, 0.717) is 24.2 Å². The maximum absolute atomic E-state index is 13.0. The van der Waals surface area contributed by atoms with Gasteiger partial charge in [0.2, 0.25) is 0 Å². The Bertz CT molecular complexity index is 1200. The number of aliphatic hydroxyl groups is 1. The fourth-order valence-corrected chi connectivity index (χ4v) is 3.95. The van der Waals surface area contributed by atoms with Crippen molar-refractivity contribution in [3.8, 4) is 5.75 Å². The van der Waals surface area contributed by atoms with Crippen LogP contribution >= 0.6 is 0 Å². The summed E-state index contributed by atoms with van der Waals surface area (Å²) < 4.78 is 0. The van der Waals surface area contributed by atoms with E-state index >= 15 is 0 Å². The number of ketones is 1. The zero-order chi connectivity index (χ0) is 22.1. The molecule has 1 atom stereocenters. The Hall–Kier alpha value is -3.64. The molecule has 0 bridgehead atoms. The molecule has 0 aliphatic carbocycles. The summed E-state index contributed by atoms with van der Waals surface area (Å²) in [5, 5.41) is 23.1. The summed E-state index contributed by atoms with van der Waals surface area (Å²) in [6, 6.07) is 18.8. The van der Waals surface area contributed by atoms with E-state index in [4.69, 9.17) is 0 Å². The molecule has 1 aliphatic heterocycles. The molecule has 1 fully saturated rings. The smallest absolute Gasteiger partial charge is 0.295 e. The number of fused-ring (bicyclic) bond motifs is 1. The summed E-state index contributed by atoms with van der Waals surface area (Å²) in [7, 11) is 3.77. The van der Waals surface area contributed by atoms with Crippen molar-refractivity contribution in [2.45, 2.75) is 6.04 Å². The number of phenolic OH excluding ortho intramolecular Hbond substituents is 1. The minimum atomic E-state index is -0.779. The molecule has 3 aromatic rings. The van der Waals surface area contributed by atoms with Gasteiger partial charge in [0.25, 0.3) is 11.7 Å². The molecule has 1 heterocycles. The van der Waals surface area contributed by atoms with Crippen molar-refractivity contribution in [2.24, 2.45) is 0 Å². The van der Waals surface area contributed by atoms with Crippen LogP contribution < -0.4 is 0 Å². The molecule has 1 amide bonds. The van der Waals surface area contributed by atoms with Crippen LogP contribution in [0.25, 0.3) is 16.5 Å². The summed E-state index contributed by atoms with van der Waals surface area (Å²) in [5.41, 5.74) is 1.07. The Morgan fingerprint density at radius 3 is 2.42 bits per heavy atom. The van der Waals surface area contributed by atoms with E-state index in [1.807, 2.05) is 49.3 Å². The summed E-state index contributed by atoms with van der Waals surface area (Å²) in [6.07, 6.45) is 0. The zero-order valence-electron chi connectivity index (χ0n) is 17.4. The number of aliphatic hydroxyl groups excluding tert-OH is 1. The molecule has 0 saturated carbocycles. The number of aromatic hydroxyl groups is 1. The van der Waals surface area contributed by atoms with E-state index in [1.165, 1.54) is 17.0 Å². The van der Waals surface area contributed by atoms with Crippen molar-refractivity contribution in [2.75, 3.05) is 27.2 Å². The Morgan fingerprint density at radius 2 is 1.71 bits per heavy atom. The molecular weight excluding hydrogens is 392 g/mol. The molecule has 0 radical (unpaired) electrons. The van der Waals surface area contributed by atoms with E-state index in [1.54, 1.807) is 24.3 Å². The number of phenols is 1. The number of likely N-dealkylation sites (N-methyl/N-ethyl adjacent to an activating group) is 1. The number of carbonyl (C=O) groups is 2. The highest BCUT2D eigenvalue weighted by Gasteiger charge is 2.46. The van der Waals surface area contributed by atoms with Gasteiger partial charge < -0.3 is 20.0 Å². The first-order valence-corrected chi connectivity index (χ1v) is 10.1. The maximum atomic E-state index is 13.0. The van der Waals surface area contributed by atoms with Gasteiger partial charge >= 0.3 is 0 Å². The number of benzene rings is 3. The van der Waals surface area contributed by atoms with E-state index in [9.17, 15) is 19.8 Å². The van der Waals surface area contributed by atoms with Crippen molar-refractivity contribution in [3.63, 3.8) is 0 Å². The fourth-order valence-electron chi connectivity index (χ4n) is 3.95. The van der Waals surface area contributed by atoms with Crippen LogP contribution in [0, 0.1) is 0 Å². The molecule has 6 nitrogen and oxygen atoms in total. The van der Waals surface area contributed by atoms with E-state index in [2.05, 4.69) is 0 Å². The fraction of sp³-hybridized carbons (Fsp3) is 0.200. The summed E-state index contributed by atoms with van der Waals surface area (Å²) >= 11 is 0. The lowest BCUT2D eigenvalue weighted by Gasteiger charge is -2.26. The Morgan fingerprint density at radius 1 is 0.968 bits per heavy atom. The first-order valence-electron chi connectivity index (χ1n) is 10.1. The van der Waals surface area contributed by atoms with Gasteiger partial charge in [-0.3, -0.25) is 9.59 Å². The minimum absolute atomic E-state index is 0.0291. The zero-order valence-corrected chi connectivity index (χ0v) is 17.4. The number of likely N-dealkylation sites (tertiary alicyclic amines) is 1. The van der Waals surface area contributed by atoms with Gasteiger partial charge in [-0.15, -0.1) is 0 Å². The van der Waals surface area contributed by atoms with Crippen LogP contribution in [0.5, 0.6) is 5.75 Å². The molecule has 0 spiro atoms. The number of nitrogens with zero attached hydrogens (tertiary/aromatic N) is 2. The topological polar surface area (TPSA) is 81.1 Å². The summed E-state index contributed by atoms with van der Waals surface area (Å²) in [5.74, 6) is -1.57. The van der Waals surface area contributed by atoms with Gasteiger partial charge in [0.1, 0.15) is 11.5 Å². The van der Waals surface area contributed by atoms with Crippen LogP contribution in [0.2, 0.25) is 0 Å². The molecule has 2 N–H and O–H groups in total. The third-order valence-electron chi connectivity index (χ3n) is 5.54. The van der Waals surface area contributed by atoms with E-state index in [0.717, 1.165) is 10.8 Å². The predicted molar refractivity (Wildman–Crippen MR) is 120 cm³/mol. The molecule has 6 heteroatoms. The van der Waals surface area contributed by atoms with Crippen molar-refractivity contribution in [3.05, 3.63) is 83.4 Å². The number of hydrogen-bond acceptors (Lipinski definition) is 5. The monoisotopic (exact) mass is 416 g/mol. The van der Waals surface area contributed by atoms with Crippen molar-refractivity contribution in [1.82, 2.24) is 9.80 Å². The van der Waals surface area contributed by atoms with Gasteiger partial charge in [-0.05, 0) is 48.6 Å². The highest BCUT2D eigenvalue weighted by Crippen LogP contribution is 2.40. The lowest BCUT2D eigenvalue weighted by molar-refractivity contribution is -0.140. The molecule has 3 aromatic carbocycles. The van der Waals surface area contributed by atoms with E-state index < -0.39 is 17.7 Å². The van der Waals surface area contributed by atoms with Crippen molar-refractivity contribution < 1.29 is 19.8 Å². The highest BCUT2D eigenvalue weighted by atomic mass is 16.3. The Balaban J connectivity index is 1.87. The second-order valence-electron chi connectivity index (χ2n) is 7.95. The molecule has 1 saturated heterocycles. The molecule has 4 rings (SSSR count). The van der Waals surface area contributed by atoms with Gasteiger partial charge in [0.15, 0.2) is 0 Å². The lowest BCUT2D eigenvalue weighted by atomic mass is 9.94.